The second kappa shape index (κ2) is 7.27. The van der Waals surface area contributed by atoms with Crippen molar-refractivity contribution in [1.82, 2.24) is 0 Å². The minimum absolute atomic E-state index is 0.639. The molecule has 0 radical (unpaired) electrons. The maximum Gasteiger partial charge on any atom is 0.230 e. The van der Waals surface area contributed by atoms with E-state index in [2.05, 4.69) is 6.07 Å². The molecule has 0 bridgehead atoms. The molecule has 0 saturated carbocycles. The standard InChI is InChI=1S/C25H20NO2P/c27-29(24-17-15-23(16-18-24)28-22-12-5-2-6-13-22)25-14-8-7-9-20(25)19-26(29)21-10-3-1-4-11-21/h1-18H,19H2. The first-order chi connectivity index (χ1) is 14.2. The Morgan fingerprint density at radius 3 is 1.97 bits per heavy atom. The van der Waals surface area contributed by atoms with Gasteiger partial charge in [-0.25, -0.2) is 0 Å². The third-order valence-corrected chi connectivity index (χ3v) is 8.34. The van der Waals surface area contributed by atoms with E-state index in [0.717, 1.165) is 33.4 Å². The summed E-state index contributed by atoms with van der Waals surface area (Å²) in [5, 5.41) is 1.73. The fourth-order valence-electron chi connectivity index (χ4n) is 3.80. The Bertz CT molecular complexity index is 1170. The van der Waals surface area contributed by atoms with Crippen molar-refractivity contribution in [3.8, 4) is 11.5 Å². The van der Waals surface area contributed by atoms with Crippen LogP contribution in [0.3, 0.4) is 0 Å². The highest BCUT2D eigenvalue weighted by atomic mass is 31.2. The van der Waals surface area contributed by atoms with E-state index in [1.165, 1.54) is 0 Å². The van der Waals surface area contributed by atoms with Gasteiger partial charge in [0.2, 0.25) is 7.29 Å². The number of anilines is 1. The molecule has 0 aliphatic carbocycles. The van der Waals surface area contributed by atoms with Gasteiger partial charge in [-0.05, 0) is 60.2 Å². The zero-order chi connectivity index (χ0) is 19.7. The predicted molar refractivity (Wildman–Crippen MR) is 119 cm³/mol. The van der Waals surface area contributed by atoms with E-state index in [0.29, 0.717) is 6.54 Å². The number of fused-ring (bicyclic) bond motifs is 1. The molecule has 142 valence electrons. The van der Waals surface area contributed by atoms with E-state index in [9.17, 15) is 4.57 Å². The van der Waals surface area contributed by atoms with Crippen molar-refractivity contribution < 1.29 is 9.30 Å². The van der Waals surface area contributed by atoms with E-state index in [1.54, 1.807) is 0 Å². The molecule has 0 saturated heterocycles. The third kappa shape index (κ3) is 3.14. The van der Waals surface area contributed by atoms with E-state index >= 15 is 0 Å². The van der Waals surface area contributed by atoms with Crippen molar-refractivity contribution in [3.63, 3.8) is 0 Å². The van der Waals surface area contributed by atoms with Crippen molar-refractivity contribution in [2.24, 2.45) is 0 Å². The molecule has 1 aliphatic heterocycles. The Kier molecular flexibility index (Phi) is 4.46. The first kappa shape index (κ1) is 17.8. The van der Waals surface area contributed by atoms with Crippen LogP contribution in [0.2, 0.25) is 0 Å². The minimum Gasteiger partial charge on any atom is -0.457 e. The molecule has 29 heavy (non-hydrogen) atoms. The molecule has 4 aromatic carbocycles. The smallest absolute Gasteiger partial charge is 0.230 e. The molecule has 0 N–H and O–H groups in total. The molecule has 3 nitrogen and oxygen atoms in total. The number of rotatable bonds is 4. The Labute approximate surface area is 170 Å². The number of benzene rings is 4. The molecule has 1 atom stereocenters. The van der Waals surface area contributed by atoms with Crippen LogP contribution in [0.4, 0.5) is 5.69 Å². The van der Waals surface area contributed by atoms with Crippen LogP contribution in [0, 0.1) is 0 Å². The average molecular weight is 397 g/mol. The SMILES string of the molecule is O=P1(c2ccc(Oc3ccccc3)cc2)c2ccccc2CN1c1ccccc1. The molecule has 0 fully saturated rings. The van der Waals surface area contributed by atoms with Crippen LogP contribution in [0.5, 0.6) is 11.5 Å². The highest BCUT2D eigenvalue weighted by Crippen LogP contribution is 2.55. The molecule has 1 unspecified atom stereocenters. The van der Waals surface area contributed by atoms with Crippen molar-refractivity contribution in [2.75, 3.05) is 4.67 Å². The highest BCUT2D eigenvalue weighted by molar-refractivity contribution is 7.80. The van der Waals surface area contributed by atoms with Crippen LogP contribution in [-0.4, -0.2) is 0 Å². The Hall–Kier alpha value is -3.29. The molecule has 0 amide bonds. The first-order valence-corrected chi connectivity index (χ1v) is 11.3. The number of para-hydroxylation sites is 2. The van der Waals surface area contributed by atoms with Gasteiger partial charge in [0, 0.05) is 16.3 Å². The van der Waals surface area contributed by atoms with Gasteiger partial charge in [0.05, 0.1) is 6.54 Å². The predicted octanol–water partition coefficient (Wildman–Crippen LogP) is 5.73. The number of ether oxygens (including phenoxy) is 1. The lowest BCUT2D eigenvalue weighted by atomic mass is 10.2. The molecular formula is C25H20NO2P. The number of hydrogen-bond donors (Lipinski definition) is 0. The summed E-state index contributed by atoms with van der Waals surface area (Å²) in [5.74, 6) is 1.51. The lowest BCUT2D eigenvalue weighted by molar-refractivity contribution is 0.483. The Morgan fingerprint density at radius 1 is 0.655 bits per heavy atom. The molecular weight excluding hydrogens is 377 g/mol. The van der Waals surface area contributed by atoms with Gasteiger partial charge in [-0.1, -0.05) is 54.6 Å². The van der Waals surface area contributed by atoms with Gasteiger partial charge in [-0.2, -0.15) is 0 Å². The average Bonchev–Trinajstić information content (AvgIpc) is 3.09. The monoisotopic (exact) mass is 397 g/mol. The summed E-state index contributed by atoms with van der Waals surface area (Å²) >= 11 is 0. The van der Waals surface area contributed by atoms with E-state index in [1.807, 2.05) is 108 Å². The number of hydrogen-bond acceptors (Lipinski definition) is 2. The summed E-state index contributed by atoms with van der Waals surface area (Å²) in [5.41, 5.74) is 2.08. The van der Waals surface area contributed by atoms with Gasteiger partial charge in [0.25, 0.3) is 0 Å². The van der Waals surface area contributed by atoms with Crippen LogP contribution in [0.25, 0.3) is 0 Å². The summed E-state index contributed by atoms with van der Waals surface area (Å²) in [7, 11) is -2.97. The van der Waals surface area contributed by atoms with Crippen molar-refractivity contribution >= 4 is 23.6 Å². The summed E-state index contributed by atoms with van der Waals surface area (Å²) in [4.78, 5) is 0. The van der Waals surface area contributed by atoms with Crippen molar-refractivity contribution in [2.45, 2.75) is 6.54 Å². The van der Waals surface area contributed by atoms with Gasteiger partial charge in [-0.15, -0.1) is 0 Å². The topological polar surface area (TPSA) is 29.5 Å². The second-order valence-corrected chi connectivity index (χ2v) is 9.64. The van der Waals surface area contributed by atoms with Gasteiger partial charge < -0.3 is 9.41 Å². The Morgan fingerprint density at radius 2 is 1.24 bits per heavy atom. The van der Waals surface area contributed by atoms with Crippen LogP contribution < -0.4 is 20.0 Å². The Balaban J connectivity index is 1.55. The van der Waals surface area contributed by atoms with Crippen LogP contribution >= 0.6 is 7.29 Å². The fraction of sp³-hybridized carbons (Fsp3) is 0.0400. The fourth-order valence-corrected chi connectivity index (χ4v) is 6.81. The molecule has 4 heteroatoms. The third-order valence-electron chi connectivity index (χ3n) is 5.20. The van der Waals surface area contributed by atoms with Crippen LogP contribution in [0.15, 0.2) is 109 Å². The van der Waals surface area contributed by atoms with Crippen molar-refractivity contribution in [1.29, 1.82) is 0 Å². The van der Waals surface area contributed by atoms with Gasteiger partial charge in [0.15, 0.2) is 0 Å². The first-order valence-electron chi connectivity index (χ1n) is 9.60. The molecule has 4 aromatic rings. The summed E-state index contributed by atoms with van der Waals surface area (Å²) in [6.45, 7) is 0.639. The number of nitrogens with zero attached hydrogens (tertiary/aromatic N) is 1. The largest absolute Gasteiger partial charge is 0.457 e. The summed E-state index contributed by atoms with van der Waals surface area (Å²) in [6.07, 6.45) is 0. The van der Waals surface area contributed by atoms with Gasteiger partial charge in [-0.3, -0.25) is 4.57 Å². The highest BCUT2D eigenvalue weighted by Gasteiger charge is 2.42. The van der Waals surface area contributed by atoms with Crippen molar-refractivity contribution in [3.05, 3.63) is 115 Å². The zero-order valence-electron chi connectivity index (χ0n) is 15.8. The molecule has 0 aromatic heterocycles. The maximum atomic E-state index is 14.5. The van der Waals surface area contributed by atoms with Gasteiger partial charge >= 0.3 is 0 Å². The molecule has 0 spiro atoms. The van der Waals surface area contributed by atoms with E-state index in [4.69, 9.17) is 4.74 Å². The quantitative estimate of drug-likeness (QED) is 0.412. The maximum absolute atomic E-state index is 14.5. The zero-order valence-corrected chi connectivity index (χ0v) is 16.7. The van der Waals surface area contributed by atoms with E-state index in [-0.39, 0.29) is 0 Å². The van der Waals surface area contributed by atoms with Crippen LogP contribution in [-0.2, 0) is 11.1 Å². The molecule has 5 rings (SSSR count). The normalized spacial score (nSPS) is 17.7. The lowest BCUT2D eigenvalue weighted by Gasteiger charge is -2.28. The second-order valence-electron chi connectivity index (χ2n) is 7.01. The molecule has 1 heterocycles. The summed E-state index contributed by atoms with van der Waals surface area (Å²) in [6, 6.07) is 35.3. The lowest BCUT2D eigenvalue weighted by Crippen LogP contribution is -2.24. The molecule has 1 aliphatic rings. The van der Waals surface area contributed by atoms with Crippen LogP contribution in [0.1, 0.15) is 5.56 Å². The van der Waals surface area contributed by atoms with E-state index < -0.39 is 7.29 Å². The van der Waals surface area contributed by atoms with Gasteiger partial charge in [0.1, 0.15) is 11.5 Å². The minimum atomic E-state index is -2.97. The summed E-state index contributed by atoms with van der Waals surface area (Å²) < 4.78 is 22.5.